The second-order valence-electron chi connectivity index (χ2n) is 17.9. The molecule has 1 aromatic carbocycles. The number of carboxylic acids is 1. The van der Waals surface area contributed by atoms with Gasteiger partial charge >= 0.3 is 5.97 Å². The molecule has 1 aliphatic heterocycles. The first-order chi connectivity index (χ1) is 29.8. The zero-order valence-electron chi connectivity index (χ0n) is 39.3. The van der Waals surface area contributed by atoms with Crippen molar-refractivity contribution < 1.29 is 43.3 Å². The van der Waals surface area contributed by atoms with Gasteiger partial charge in [0.25, 0.3) is 5.91 Å². The third-order valence-electron chi connectivity index (χ3n) is 12.6. The number of ketones is 1. The molecule has 0 aliphatic carbocycles. The molecule has 1 saturated heterocycles. The lowest BCUT2D eigenvalue weighted by atomic mass is 9.80. The Bertz CT molecular complexity index is 1800. The summed E-state index contributed by atoms with van der Waals surface area (Å²) in [6.07, 6.45) is 3.54. The van der Waals surface area contributed by atoms with E-state index >= 15 is 0 Å². The molecule has 1 aliphatic rings. The van der Waals surface area contributed by atoms with Crippen molar-refractivity contribution >= 4 is 46.7 Å². The van der Waals surface area contributed by atoms with Crippen LogP contribution in [-0.4, -0.2) is 127 Å². The van der Waals surface area contributed by atoms with Gasteiger partial charge in [-0.3, -0.25) is 33.7 Å². The van der Waals surface area contributed by atoms with E-state index in [9.17, 15) is 33.9 Å². The summed E-state index contributed by atoms with van der Waals surface area (Å²) in [5.41, 5.74) is 1.58. The van der Waals surface area contributed by atoms with Crippen LogP contribution in [0.1, 0.15) is 126 Å². The molecule has 16 heteroatoms. The first-order valence-corrected chi connectivity index (χ1v) is 23.4. The highest BCUT2D eigenvalue weighted by atomic mass is 32.1. The van der Waals surface area contributed by atoms with Gasteiger partial charge in [-0.2, -0.15) is 0 Å². The number of likely N-dealkylation sites (N-methyl/N-ethyl adjacent to an activating group) is 1. The number of aliphatic carboxylic acids is 1. The highest BCUT2D eigenvalue weighted by Gasteiger charge is 2.44. The summed E-state index contributed by atoms with van der Waals surface area (Å²) in [4.78, 5) is 87.3. The molecule has 352 valence electrons. The zero-order chi connectivity index (χ0) is 46.9. The number of ether oxygens (including phenoxy) is 2. The average Bonchev–Trinajstić information content (AvgIpc) is 3.87. The highest BCUT2D eigenvalue weighted by Crippen LogP contribution is 2.34. The number of hydrogen-bond donors (Lipinski definition) is 4. The standard InChI is InChI=1S/C47H74N6O9S/c1-11-32(5)37(27-41(55)47(8)18-12-20-52(47)9)45(58)53(10)40(30(2)3)28-38(50-42(56)17-21-61-23-24-62-22-19-48-34(7)54)44-51-39(29-63-44)43(57)49-36(25-33(6)46(59)60)26-35-15-13-31(4)14-16-35/h13-16,29-30,32-33,36-38,40H,11-12,17-28H2,1-10H3,(H,48,54)(H,49,57)(H,50,56)(H,59,60)/t32-,33-,36+,37-,38+,40+,47+/m0/s1. The second-order valence-corrected chi connectivity index (χ2v) is 18.8. The predicted molar refractivity (Wildman–Crippen MR) is 244 cm³/mol. The number of likely N-dealkylation sites (tertiary alicyclic amines) is 1. The van der Waals surface area contributed by atoms with Gasteiger partial charge in [0.15, 0.2) is 5.78 Å². The molecule has 4 amide bonds. The first-order valence-electron chi connectivity index (χ1n) is 22.5. The molecule has 1 aromatic heterocycles. The van der Waals surface area contributed by atoms with E-state index in [1.807, 2.05) is 72.9 Å². The molecule has 0 radical (unpaired) electrons. The van der Waals surface area contributed by atoms with Crippen molar-refractivity contribution in [2.24, 2.45) is 23.7 Å². The number of Topliss-reactive ketones (excluding diaryl/α,β-unsaturated/α-hetero) is 1. The number of thiazole rings is 1. The molecule has 1 fully saturated rings. The highest BCUT2D eigenvalue weighted by molar-refractivity contribution is 7.09. The third kappa shape index (κ3) is 16.7. The maximum Gasteiger partial charge on any atom is 0.306 e. The van der Waals surface area contributed by atoms with Crippen LogP contribution in [0.25, 0.3) is 0 Å². The SMILES string of the molecule is CC[C@H](C)[C@H](CC(=O)[C@@]1(C)CCCN1C)C(=O)N(C)[C@H](C[C@@H](NC(=O)CCOCCOCCNC(C)=O)c1nc(C(=O)N[C@@H](Cc2ccc(C)cc2)C[C@H](C)C(=O)O)cs1)C(C)C. The quantitative estimate of drug-likeness (QED) is 0.0777. The molecule has 3 rings (SSSR count). The number of aromatic nitrogens is 1. The summed E-state index contributed by atoms with van der Waals surface area (Å²) in [6, 6.07) is 6.34. The van der Waals surface area contributed by atoms with Crippen molar-refractivity contribution in [3.63, 3.8) is 0 Å². The van der Waals surface area contributed by atoms with Crippen molar-refractivity contribution in [2.45, 2.75) is 130 Å². The smallest absolute Gasteiger partial charge is 0.306 e. The predicted octanol–water partition coefficient (Wildman–Crippen LogP) is 5.60. The largest absolute Gasteiger partial charge is 0.481 e. The van der Waals surface area contributed by atoms with Gasteiger partial charge in [0.1, 0.15) is 10.7 Å². The Morgan fingerprint density at radius 3 is 2.24 bits per heavy atom. The summed E-state index contributed by atoms with van der Waals surface area (Å²) >= 11 is 1.23. The Balaban J connectivity index is 1.85. The van der Waals surface area contributed by atoms with Gasteiger partial charge in [-0.25, -0.2) is 4.98 Å². The van der Waals surface area contributed by atoms with Crippen LogP contribution in [-0.2, 0) is 39.9 Å². The molecular formula is C47H74N6O9S. The second kappa shape index (κ2) is 25.9. The lowest BCUT2D eigenvalue weighted by Gasteiger charge is -2.38. The van der Waals surface area contributed by atoms with Crippen molar-refractivity contribution in [1.82, 2.24) is 30.7 Å². The van der Waals surface area contributed by atoms with E-state index in [-0.39, 0.29) is 86.0 Å². The lowest BCUT2D eigenvalue weighted by Crippen LogP contribution is -2.50. The van der Waals surface area contributed by atoms with Crippen LogP contribution in [0.4, 0.5) is 0 Å². The monoisotopic (exact) mass is 899 g/mol. The number of carbonyl (C=O) groups excluding carboxylic acids is 5. The number of carbonyl (C=O) groups is 6. The number of nitrogens with one attached hydrogen (secondary N) is 3. The molecule has 15 nitrogen and oxygen atoms in total. The van der Waals surface area contributed by atoms with Crippen molar-refractivity contribution in [3.8, 4) is 0 Å². The Kier molecular flexibility index (Phi) is 21.8. The van der Waals surface area contributed by atoms with Crippen LogP contribution in [0.2, 0.25) is 0 Å². The topological polar surface area (TPSA) is 197 Å². The minimum atomic E-state index is -0.953. The fraction of sp³-hybridized carbons (Fsp3) is 0.681. The number of carboxylic acid groups (broad SMARTS) is 1. The molecule has 0 spiro atoms. The van der Waals surface area contributed by atoms with E-state index in [2.05, 4.69) is 20.9 Å². The number of amides is 4. The Labute approximate surface area is 378 Å². The van der Waals surface area contributed by atoms with Gasteiger partial charge in [-0.05, 0) is 76.9 Å². The zero-order valence-corrected chi connectivity index (χ0v) is 40.1. The van der Waals surface area contributed by atoms with Gasteiger partial charge in [-0.15, -0.1) is 11.3 Å². The minimum Gasteiger partial charge on any atom is -0.481 e. The van der Waals surface area contributed by atoms with E-state index < -0.39 is 41.3 Å². The summed E-state index contributed by atoms with van der Waals surface area (Å²) in [7, 11) is 3.74. The molecule has 2 aromatic rings. The number of rotatable bonds is 28. The third-order valence-corrected chi connectivity index (χ3v) is 13.6. The van der Waals surface area contributed by atoms with Crippen molar-refractivity contribution in [3.05, 3.63) is 51.5 Å². The first kappa shape index (κ1) is 53.1. The summed E-state index contributed by atoms with van der Waals surface area (Å²) in [5.74, 6) is -3.21. The fourth-order valence-electron chi connectivity index (χ4n) is 8.05. The molecule has 0 bridgehead atoms. The number of hydrogen-bond acceptors (Lipinski definition) is 11. The van der Waals surface area contributed by atoms with Crippen LogP contribution >= 0.6 is 11.3 Å². The Hall–Kier alpha value is -4.25. The van der Waals surface area contributed by atoms with E-state index in [1.54, 1.807) is 24.3 Å². The molecule has 0 unspecified atom stereocenters. The van der Waals surface area contributed by atoms with E-state index in [0.717, 1.165) is 36.9 Å². The molecule has 0 saturated carbocycles. The number of benzene rings is 1. The Morgan fingerprint density at radius 1 is 0.984 bits per heavy atom. The van der Waals surface area contributed by atoms with Gasteiger partial charge in [0.2, 0.25) is 17.7 Å². The molecule has 2 heterocycles. The van der Waals surface area contributed by atoms with E-state index in [0.29, 0.717) is 31.2 Å². The Morgan fingerprint density at radius 2 is 1.65 bits per heavy atom. The van der Waals surface area contributed by atoms with Crippen molar-refractivity contribution in [2.75, 3.05) is 53.6 Å². The van der Waals surface area contributed by atoms with Crippen LogP contribution in [0.3, 0.4) is 0 Å². The maximum atomic E-state index is 14.6. The molecule has 7 atom stereocenters. The summed E-state index contributed by atoms with van der Waals surface area (Å²) in [6.45, 7) is 17.4. The molecular weight excluding hydrogens is 825 g/mol. The number of nitrogens with zero attached hydrogens (tertiary/aromatic N) is 3. The van der Waals surface area contributed by atoms with Gasteiger partial charge < -0.3 is 35.4 Å². The normalized spacial score (nSPS) is 18.2. The van der Waals surface area contributed by atoms with Crippen LogP contribution in [0, 0.1) is 30.6 Å². The van der Waals surface area contributed by atoms with Crippen molar-refractivity contribution in [1.29, 1.82) is 0 Å². The van der Waals surface area contributed by atoms with E-state index in [1.165, 1.54) is 18.3 Å². The lowest BCUT2D eigenvalue weighted by molar-refractivity contribution is -0.143. The van der Waals surface area contributed by atoms with Crippen LogP contribution in [0.5, 0.6) is 0 Å². The summed E-state index contributed by atoms with van der Waals surface area (Å²) in [5, 5.41) is 20.6. The number of aryl methyl sites for hydroxylation is 1. The van der Waals surface area contributed by atoms with Gasteiger partial charge in [0, 0.05) is 56.7 Å². The van der Waals surface area contributed by atoms with Gasteiger partial charge in [-0.1, -0.05) is 70.9 Å². The van der Waals surface area contributed by atoms with Gasteiger partial charge in [0.05, 0.1) is 43.9 Å². The fourth-order valence-corrected chi connectivity index (χ4v) is 8.91. The van der Waals surface area contributed by atoms with Crippen LogP contribution in [0.15, 0.2) is 29.6 Å². The molecule has 63 heavy (non-hydrogen) atoms. The minimum absolute atomic E-state index is 0.0378. The van der Waals surface area contributed by atoms with Crippen LogP contribution < -0.4 is 16.0 Å². The maximum absolute atomic E-state index is 14.6. The molecule has 4 N–H and O–H groups in total. The average molecular weight is 899 g/mol. The summed E-state index contributed by atoms with van der Waals surface area (Å²) < 4.78 is 11.1. The van der Waals surface area contributed by atoms with E-state index in [4.69, 9.17) is 14.5 Å².